The first kappa shape index (κ1) is 18.2. The van der Waals surface area contributed by atoms with Crippen LogP contribution in [-0.2, 0) is 0 Å². The lowest BCUT2D eigenvalue weighted by Crippen LogP contribution is -2.48. The van der Waals surface area contributed by atoms with Crippen molar-refractivity contribution in [2.24, 2.45) is 0 Å². The molecule has 6 nitrogen and oxygen atoms in total. The molecule has 26 heavy (non-hydrogen) atoms. The standard InChI is InChI=1S/C20H24N2O4/c1-26-20-13-15(7-8-18(20)24)19(25)14-21-9-11-22(12-10-21)16-5-3-2-4-6-17(16)23/h2-8,13,19,24-25H,9-12,14H2,1H3. The molecule has 1 atom stereocenters. The molecule has 1 heterocycles. The van der Waals surface area contributed by atoms with Crippen LogP contribution in [0.15, 0.2) is 53.3 Å². The zero-order chi connectivity index (χ0) is 18.5. The first-order chi connectivity index (χ1) is 12.6. The summed E-state index contributed by atoms with van der Waals surface area (Å²) in [6, 6.07) is 13.8. The van der Waals surface area contributed by atoms with Crippen LogP contribution in [0.1, 0.15) is 11.7 Å². The SMILES string of the molecule is COc1cc(C(O)CN2CCN(c3cccccc3=O)CC2)ccc1O. The van der Waals surface area contributed by atoms with Gasteiger partial charge in [-0.1, -0.05) is 24.3 Å². The molecular formula is C20H24N2O4. The molecule has 6 heteroatoms. The molecule has 0 amide bonds. The van der Waals surface area contributed by atoms with E-state index in [1.54, 1.807) is 24.3 Å². The Balaban J connectivity index is 1.60. The van der Waals surface area contributed by atoms with Gasteiger partial charge in [-0.3, -0.25) is 9.69 Å². The second kappa shape index (κ2) is 8.21. The highest BCUT2D eigenvalue weighted by Gasteiger charge is 2.21. The lowest BCUT2D eigenvalue weighted by atomic mass is 10.1. The maximum Gasteiger partial charge on any atom is 0.201 e. The Hall–Kier alpha value is -2.57. The van der Waals surface area contributed by atoms with E-state index >= 15 is 0 Å². The summed E-state index contributed by atoms with van der Waals surface area (Å²) in [5.74, 6) is 0.410. The average Bonchev–Trinajstić information content (AvgIpc) is 2.87. The van der Waals surface area contributed by atoms with Gasteiger partial charge in [0.15, 0.2) is 11.5 Å². The molecule has 3 rings (SSSR count). The summed E-state index contributed by atoms with van der Waals surface area (Å²) < 4.78 is 5.10. The van der Waals surface area contributed by atoms with Gasteiger partial charge in [0.1, 0.15) is 0 Å². The Kier molecular flexibility index (Phi) is 5.75. The molecule has 1 aliphatic heterocycles. The van der Waals surface area contributed by atoms with E-state index < -0.39 is 6.10 Å². The van der Waals surface area contributed by atoms with Gasteiger partial charge in [0, 0.05) is 32.7 Å². The highest BCUT2D eigenvalue weighted by Crippen LogP contribution is 2.29. The molecular weight excluding hydrogens is 332 g/mol. The Morgan fingerprint density at radius 3 is 2.54 bits per heavy atom. The largest absolute Gasteiger partial charge is 0.504 e. The van der Waals surface area contributed by atoms with Crippen LogP contribution in [0.4, 0.5) is 5.69 Å². The number of β-amino-alcohol motifs (C(OH)–C–C–N with tert-alkyl or cyclic N) is 1. The van der Waals surface area contributed by atoms with Crippen LogP contribution in [0, 0.1) is 0 Å². The number of benzene rings is 1. The average molecular weight is 356 g/mol. The Morgan fingerprint density at radius 1 is 1.08 bits per heavy atom. The molecule has 0 aromatic heterocycles. The van der Waals surface area contributed by atoms with E-state index in [9.17, 15) is 15.0 Å². The van der Waals surface area contributed by atoms with Gasteiger partial charge in [0.25, 0.3) is 0 Å². The fourth-order valence-electron chi connectivity index (χ4n) is 3.21. The van der Waals surface area contributed by atoms with Crippen LogP contribution in [0.3, 0.4) is 0 Å². The maximum atomic E-state index is 12.1. The number of piperazine rings is 1. The van der Waals surface area contributed by atoms with E-state index in [1.165, 1.54) is 13.2 Å². The molecule has 2 N–H and O–H groups in total. The zero-order valence-corrected chi connectivity index (χ0v) is 14.8. The van der Waals surface area contributed by atoms with Crippen molar-refractivity contribution in [2.75, 3.05) is 44.7 Å². The molecule has 0 bridgehead atoms. The van der Waals surface area contributed by atoms with E-state index in [1.807, 2.05) is 18.2 Å². The van der Waals surface area contributed by atoms with Crippen molar-refractivity contribution in [3.05, 3.63) is 64.3 Å². The lowest BCUT2D eigenvalue weighted by molar-refractivity contribution is 0.109. The quantitative estimate of drug-likeness (QED) is 0.848. The number of methoxy groups -OCH3 is 1. The third-order valence-electron chi connectivity index (χ3n) is 4.71. The van der Waals surface area contributed by atoms with E-state index in [0.717, 1.165) is 31.9 Å². The lowest BCUT2D eigenvalue weighted by Gasteiger charge is -2.36. The smallest absolute Gasteiger partial charge is 0.201 e. The van der Waals surface area contributed by atoms with E-state index in [4.69, 9.17) is 4.74 Å². The summed E-state index contributed by atoms with van der Waals surface area (Å²) >= 11 is 0. The second-order valence-electron chi connectivity index (χ2n) is 6.39. The minimum atomic E-state index is -0.666. The van der Waals surface area contributed by atoms with Crippen LogP contribution in [-0.4, -0.2) is 54.9 Å². The normalized spacial score (nSPS) is 16.3. The minimum Gasteiger partial charge on any atom is -0.504 e. The highest BCUT2D eigenvalue weighted by molar-refractivity contribution is 5.46. The first-order valence-corrected chi connectivity index (χ1v) is 8.70. The van der Waals surface area contributed by atoms with Crippen LogP contribution < -0.4 is 15.1 Å². The Labute approximate surface area is 152 Å². The molecule has 0 aliphatic carbocycles. The van der Waals surface area contributed by atoms with Crippen LogP contribution in [0.25, 0.3) is 0 Å². The predicted octanol–water partition coefficient (Wildman–Crippen LogP) is 1.62. The van der Waals surface area contributed by atoms with E-state index in [0.29, 0.717) is 17.9 Å². The van der Waals surface area contributed by atoms with Gasteiger partial charge < -0.3 is 19.8 Å². The number of hydrogen-bond acceptors (Lipinski definition) is 6. The topological polar surface area (TPSA) is 73.2 Å². The summed E-state index contributed by atoms with van der Waals surface area (Å²) in [7, 11) is 1.48. The van der Waals surface area contributed by atoms with Gasteiger partial charge in [0.05, 0.1) is 18.9 Å². The predicted molar refractivity (Wildman–Crippen MR) is 101 cm³/mol. The van der Waals surface area contributed by atoms with Gasteiger partial charge in [0.2, 0.25) is 5.43 Å². The number of phenols is 1. The summed E-state index contributed by atoms with van der Waals surface area (Å²) in [6.45, 7) is 3.51. The number of aliphatic hydroxyl groups excluding tert-OH is 1. The third-order valence-corrected chi connectivity index (χ3v) is 4.71. The number of nitrogens with zero attached hydrogens (tertiary/aromatic N) is 2. The number of anilines is 1. The zero-order valence-electron chi connectivity index (χ0n) is 14.8. The van der Waals surface area contributed by atoms with Gasteiger partial charge in [-0.25, -0.2) is 0 Å². The van der Waals surface area contributed by atoms with Crippen molar-refractivity contribution in [1.82, 2.24) is 4.90 Å². The Bertz CT molecular complexity index is 804. The molecule has 2 aromatic carbocycles. The summed E-state index contributed by atoms with van der Waals surface area (Å²) in [4.78, 5) is 16.4. The Morgan fingerprint density at radius 2 is 1.81 bits per heavy atom. The molecule has 0 saturated carbocycles. The molecule has 1 fully saturated rings. The van der Waals surface area contributed by atoms with Crippen LogP contribution in [0.2, 0.25) is 0 Å². The molecule has 1 saturated heterocycles. The van der Waals surface area contributed by atoms with E-state index in [-0.39, 0.29) is 11.2 Å². The number of ether oxygens (including phenoxy) is 1. The number of aromatic hydroxyl groups is 1. The van der Waals surface area contributed by atoms with Crippen LogP contribution in [0.5, 0.6) is 11.5 Å². The molecule has 2 aromatic rings. The monoisotopic (exact) mass is 356 g/mol. The second-order valence-corrected chi connectivity index (χ2v) is 6.39. The van der Waals surface area contributed by atoms with Gasteiger partial charge >= 0.3 is 0 Å². The van der Waals surface area contributed by atoms with Crippen LogP contribution >= 0.6 is 0 Å². The first-order valence-electron chi connectivity index (χ1n) is 8.70. The summed E-state index contributed by atoms with van der Waals surface area (Å²) in [5.41, 5.74) is 1.46. The summed E-state index contributed by atoms with van der Waals surface area (Å²) in [6.07, 6.45) is -0.666. The number of aliphatic hydroxyl groups is 1. The van der Waals surface area contributed by atoms with Gasteiger partial charge in [-0.2, -0.15) is 0 Å². The third kappa shape index (κ3) is 4.15. The van der Waals surface area contributed by atoms with Gasteiger partial charge in [-0.05, 0) is 29.8 Å². The number of phenolic OH excluding ortho intramolecular Hbond substituents is 1. The molecule has 1 unspecified atom stereocenters. The van der Waals surface area contributed by atoms with Crippen molar-refractivity contribution in [2.45, 2.75) is 6.10 Å². The van der Waals surface area contributed by atoms with Crippen molar-refractivity contribution in [3.63, 3.8) is 0 Å². The summed E-state index contributed by atoms with van der Waals surface area (Å²) in [5, 5.41) is 20.2. The fourth-order valence-corrected chi connectivity index (χ4v) is 3.21. The van der Waals surface area contributed by atoms with Crippen molar-refractivity contribution in [3.8, 4) is 11.5 Å². The molecule has 0 radical (unpaired) electrons. The maximum absolute atomic E-state index is 12.1. The number of hydrogen-bond donors (Lipinski definition) is 2. The van der Waals surface area contributed by atoms with Crippen molar-refractivity contribution >= 4 is 5.69 Å². The van der Waals surface area contributed by atoms with Gasteiger partial charge in [-0.15, -0.1) is 0 Å². The molecule has 138 valence electrons. The fraction of sp³-hybridized carbons (Fsp3) is 0.350. The molecule has 0 spiro atoms. The van der Waals surface area contributed by atoms with Crippen molar-refractivity contribution < 1.29 is 14.9 Å². The highest BCUT2D eigenvalue weighted by atomic mass is 16.5. The van der Waals surface area contributed by atoms with E-state index in [2.05, 4.69) is 9.80 Å². The molecule has 1 aliphatic rings. The number of rotatable bonds is 5. The van der Waals surface area contributed by atoms with Crippen molar-refractivity contribution in [1.29, 1.82) is 0 Å². The minimum absolute atomic E-state index is 0.0275.